The minimum absolute atomic E-state index is 0.00720. The second-order valence-electron chi connectivity index (χ2n) is 12.8. The third-order valence-electron chi connectivity index (χ3n) is 8.54. The number of aliphatic carboxylic acids is 1. The van der Waals surface area contributed by atoms with E-state index in [4.69, 9.17) is 17.2 Å². The van der Waals surface area contributed by atoms with Crippen molar-refractivity contribution in [3.05, 3.63) is 71.9 Å². The highest BCUT2D eigenvalue weighted by Gasteiger charge is 2.32. The zero-order valence-corrected chi connectivity index (χ0v) is 32.2. The molecule has 0 aliphatic heterocycles. The van der Waals surface area contributed by atoms with Gasteiger partial charge in [0, 0.05) is 42.2 Å². The van der Waals surface area contributed by atoms with E-state index < -0.39 is 71.8 Å². The number of guanidine groups is 1. The number of nitrogens with one attached hydrogen (secondary N) is 6. The average molecular weight is 799 g/mol. The van der Waals surface area contributed by atoms with Crippen molar-refractivity contribution in [2.24, 2.45) is 22.2 Å². The number of carboxylic acids is 1. The number of para-hydroxylation sites is 1. The number of aromatic nitrogens is 1. The molecule has 0 radical (unpaired) electrons. The first-order valence-electron chi connectivity index (χ1n) is 17.6. The lowest BCUT2D eigenvalue weighted by atomic mass is 10.0. The molecule has 13 N–H and O–H groups in total. The van der Waals surface area contributed by atoms with E-state index in [0.29, 0.717) is 11.1 Å². The summed E-state index contributed by atoms with van der Waals surface area (Å²) in [6.45, 7) is 1.54. The number of amides is 5. The van der Waals surface area contributed by atoms with E-state index >= 15 is 0 Å². The lowest BCUT2D eigenvalue weighted by Crippen LogP contribution is -2.59. The maximum Gasteiger partial charge on any atom is 0.326 e. The third kappa shape index (κ3) is 14.1. The molecule has 3 rings (SSSR count). The van der Waals surface area contributed by atoms with Crippen molar-refractivity contribution in [3.8, 4) is 0 Å². The molecule has 5 amide bonds. The summed E-state index contributed by atoms with van der Waals surface area (Å²) >= 11 is 8.12. The molecule has 17 nitrogen and oxygen atoms in total. The summed E-state index contributed by atoms with van der Waals surface area (Å²) < 4.78 is 0. The van der Waals surface area contributed by atoms with Crippen LogP contribution >= 0.6 is 25.3 Å². The normalized spacial score (nSPS) is 14.3. The van der Waals surface area contributed by atoms with E-state index in [-0.39, 0.29) is 56.1 Å². The molecular weight excluding hydrogens is 749 g/mol. The zero-order chi connectivity index (χ0) is 40.5. The lowest BCUT2D eigenvalue weighted by Gasteiger charge is -2.27. The predicted molar refractivity (Wildman–Crippen MR) is 215 cm³/mol. The molecule has 1 aromatic heterocycles. The number of nitrogens with zero attached hydrogens (tertiary/aromatic N) is 1. The van der Waals surface area contributed by atoms with Gasteiger partial charge < -0.3 is 53.9 Å². The monoisotopic (exact) mass is 798 g/mol. The van der Waals surface area contributed by atoms with Crippen LogP contribution in [-0.4, -0.2) is 106 Å². The first-order valence-corrected chi connectivity index (χ1v) is 18.9. The summed E-state index contributed by atoms with van der Waals surface area (Å²) in [5, 5.41) is 23.6. The van der Waals surface area contributed by atoms with Gasteiger partial charge >= 0.3 is 5.97 Å². The van der Waals surface area contributed by atoms with Gasteiger partial charge in [0.1, 0.15) is 30.2 Å². The molecule has 6 atom stereocenters. The van der Waals surface area contributed by atoms with Crippen molar-refractivity contribution in [1.29, 1.82) is 0 Å². The van der Waals surface area contributed by atoms with E-state index in [0.717, 1.165) is 10.9 Å². The number of aromatic amines is 1. The van der Waals surface area contributed by atoms with Crippen LogP contribution in [0.4, 0.5) is 0 Å². The smallest absolute Gasteiger partial charge is 0.326 e. The molecule has 0 fully saturated rings. The van der Waals surface area contributed by atoms with Crippen molar-refractivity contribution in [2.45, 2.75) is 75.3 Å². The molecule has 55 heavy (non-hydrogen) atoms. The number of benzene rings is 2. The molecule has 0 saturated heterocycles. The van der Waals surface area contributed by atoms with Gasteiger partial charge in [-0.25, -0.2) is 4.79 Å². The fraction of sp³-hybridized carbons (Fsp3) is 0.417. The Morgan fingerprint density at radius 2 is 1.33 bits per heavy atom. The van der Waals surface area contributed by atoms with Gasteiger partial charge in [-0.05, 0) is 49.1 Å². The predicted octanol–water partition coefficient (Wildman–Crippen LogP) is -0.888. The number of nitrogens with two attached hydrogens (primary N) is 3. The molecule has 19 heteroatoms. The van der Waals surface area contributed by atoms with Crippen molar-refractivity contribution < 1.29 is 33.9 Å². The summed E-state index contributed by atoms with van der Waals surface area (Å²) in [6.07, 6.45) is 1.94. The zero-order valence-electron chi connectivity index (χ0n) is 30.4. The SMILES string of the molecule is C[C@@H](NC(=O)[C@@H](N)CS)C(=O)N[C@H](Cc1ccccc1)C(=O)N[C@@H](CCCN=C(N)N)C(=O)N[C@@H](Cc1c[nH]c2ccccc12)C(=O)N[C@@H](CCS)C(=O)O. The number of aliphatic imine (C=N–C) groups is 1. The third-order valence-corrected chi connectivity index (χ3v) is 9.20. The Hall–Kier alpha value is -5.27. The molecule has 0 spiro atoms. The number of hydrogen-bond donors (Lipinski definition) is 12. The minimum atomic E-state index is -1.28. The van der Waals surface area contributed by atoms with Crippen molar-refractivity contribution in [2.75, 3.05) is 18.1 Å². The lowest BCUT2D eigenvalue weighted by molar-refractivity contribution is -0.142. The first kappa shape index (κ1) is 44.1. The molecule has 0 bridgehead atoms. The number of H-pyrrole nitrogens is 1. The van der Waals surface area contributed by atoms with Crippen LogP contribution in [-0.2, 0) is 41.6 Å². The Labute approximate surface area is 329 Å². The van der Waals surface area contributed by atoms with Crippen LogP contribution in [0, 0.1) is 0 Å². The number of carbonyl (C=O) groups excluding carboxylic acids is 5. The number of rotatable bonds is 22. The summed E-state index contributed by atoms with van der Waals surface area (Å²) in [7, 11) is 0. The van der Waals surface area contributed by atoms with E-state index in [1.165, 1.54) is 6.92 Å². The highest BCUT2D eigenvalue weighted by molar-refractivity contribution is 7.80. The molecule has 0 unspecified atom stereocenters. The summed E-state index contributed by atoms with van der Waals surface area (Å²) in [5.41, 5.74) is 18.8. The molecule has 298 valence electrons. The maximum atomic E-state index is 14.1. The van der Waals surface area contributed by atoms with Crippen molar-refractivity contribution in [3.63, 3.8) is 0 Å². The highest BCUT2D eigenvalue weighted by atomic mass is 32.1. The van der Waals surface area contributed by atoms with E-state index in [9.17, 15) is 33.9 Å². The van der Waals surface area contributed by atoms with Crippen LogP contribution in [0.5, 0.6) is 0 Å². The number of thiol groups is 2. The van der Waals surface area contributed by atoms with Crippen LogP contribution in [0.2, 0.25) is 0 Å². The van der Waals surface area contributed by atoms with Gasteiger partial charge in [-0.1, -0.05) is 48.5 Å². The number of carboxylic acid groups (broad SMARTS) is 1. The van der Waals surface area contributed by atoms with Crippen LogP contribution in [0.1, 0.15) is 37.3 Å². The summed E-state index contributed by atoms with van der Waals surface area (Å²) in [6, 6.07) is 9.09. The molecule has 1 heterocycles. The van der Waals surface area contributed by atoms with Crippen LogP contribution in [0.3, 0.4) is 0 Å². The molecular formula is C36H50N10O7S2. The summed E-state index contributed by atoms with van der Waals surface area (Å²) in [5.74, 6) is -4.76. The van der Waals surface area contributed by atoms with Crippen molar-refractivity contribution in [1.82, 2.24) is 31.6 Å². The Morgan fingerprint density at radius 1 is 0.745 bits per heavy atom. The van der Waals surface area contributed by atoms with Gasteiger partial charge in [-0.15, -0.1) is 0 Å². The molecule has 2 aromatic carbocycles. The van der Waals surface area contributed by atoms with Gasteiger partial charge in [0.2, 0.25) is 29.5 Å². The Bertz CT molecular complexity index is 1810. The maximum absolute atomic E-state index is 14.1. The Balaban J connectivity index is 1.92. The van der Waals surface area contributed by atoms with Crippen LogP contribution in [0.25, 0.3) is 10.9 Å². The second kappa shape index (κ2) is 22.2. The standard InChI is InChI=1S/C36H50N10O7S2/c1-20(42-31(48)24(37)19-55)30(47)45-28(16-21-8-3-2-4-9-21)33(50)43-26(12-7-14-40-36(38)39)32(49)46-29(34(51)44-27(13-15-54)35(52)53)17-22-18-41-25-11-6-5-10-23(22)25/h2-6,8-11,18,20,24,26-29,41,54-55H,7,12-17,19,37H2,1H3,(H,42,48)(H,43,50)(H,44,51)(H,45,47)(H,46,49)(H,52,53)(H4,38,39,40)/t20-,24+,26+,27+,28-,29+/m1/s1. The van der Waals surface area contributed by atoms with Crippen LogP contribution in [0.15, 0.2) is 65.8 Å². The quantitative estimate of drug-likeness (QED) is 0.0258. The van der Waals surface area contributed by atoms with E-state index in [1.54, 1.807) is 36.5 Å². The van der Waals surface area contributed by atoms with Gasteiger partial charge in [-0.3, -0.25) is 29.0 Å². The highest BCUT2D eigenvalue weighted by Crippen LogP contribution is 2.19. The van der Waals surface area contributed by atoms with Gasteiger partial charge in [-0.2, -0.15) is 25.3 Å². The molecule has 3 aromatic rings. The fourth-order valence-electron chi connectivity index (χ4n) is 5.53. The Kier molecular flexibility index (Phi) is 17.8. The van der Waals surface area contributed by atoms with E-state index in [1.807, 2.05) is 24.3 Å². The van der Waals surface area contributed by atoms with Crippen molar-refractivity contribution >= 4 is 77.6 Å². The van der Waals surface area contributed by atoms with Gasteiger partial charge in [0.05, 0.1) is 6.04 Å². The average Bonchev–Trinajstić information content (AvgIpc) is 3.57. The Morgan fingerprint density at radius 3 is 1.96 bits per heavy atom. The molecule has 0 aliphatic rings. The number of hydrogen-bond acceptors (Lipinski definition) is 10. The minimum Gasteiger partial charge on any atom is -0.480 e. The largest absolute Gasteiger partial charge is 0.480 e. The topological polar surface area (TPSA) is 289 Å². The fourth-order valence-corrected chi connectivity index (χ4v) is 5.95. The first-order chi connectivity index (χ1) is 26.2. The molecule has 0 aliphatic carbocycles. The number of fused-ring (bicyclic) bond motifs is 1. The second-order valence-corrected chi connectivity index (χ2v) is 13.6. The van der Waals surface area contributed by atoms with Gasteiger partial charge in [0.25, 0.3) is 0 Å². The van der Waals surface area contributed by atoms with E-state index in [2.05, 4.69) is 61.8 Å². The van der Waals surface area contributed by atoms with Gasteiger partial charge in [0.15, 0.2) is 5.96 Å². The van der Waals surface area contributed by atoms with Crippen LogP contribution < -0.4 is 43.8 Å². The summed E-state index contributed by atoms with van der Waals surface area (Å²) in [4.78, 5) is 86.4. The number of carbonyl (C=O) groups is 6. The molecule has 0 saturated carbocycles.